The van der Waals surface area contributed by atoms with Crippen molar-refractivity contribution in [3.05, 3.63) is 0 Å². The number of hydrogen-bond donors (Lipinski definition) is 0. The summed E-state index contributed by atoms with van der Waals surface area (Å²) in [6.07, 6.45) is 0. The van der Waals surface area contributed by atoms with Gasteiger partial charge in [0.2, 0.25) is 0 Å². The molecule has 0 amide bonds. The van der Waals surface area contributed by atoms with Crippen LogP contribution in [0.2, 0.25) is 9.45 Å². The van der Waals surface area contributed by atoms with Crippen LogP contribution < -0.4 is 0 Å². The zero-order valence-corrected chi connectivity index (χ0v) is 8.76. The Balaban J connectivity index is -0.00000000889. The van der Waals surface area contributed by atoms with Crippen LogP contribution in [-0.4, -0.2) is 0 Å². The second-order valence-corrected chi connectivity index (χ2v) is 2.92. The first-order valence-corrected chi connectivity index (χ1v) is 4.33. The van der Waals surface area contributed by atoms with Gasteiger partial charge in [-0.2, -0.15) is 0 Å². The molecule has 0 aromatic heterocycles. The summed E-state index contributed by atoms with van der Waals surface area (Å²) in [4.78, 5) is 0. The van der Waals surface area contributed by atoms with Gasteiger partial charge in [0.05, 0.1) is 0 Å². The van der Waals surface area contributed by atoms with E-state index in [9.17, 15) is 0 Å². The van der Waals surface area contributed by atoms with Crippen LogP contribution >= 0.6 is 0 Å². The van der Waals surface area contributed by atoms with Crippen LogP contribution in [0.25, 0.3) is 0 Å². The van der Waals surface area contributed by atoms with Gasteiger partial charge >= 0.3 is 64.2 Å². The van der Waals surface area contributed by atoms with Gasteiger partial charge < -0.3 is 16.4 Å². The molecule has 0 atom stereocenters. The molecule has 0 fully saturated rings. The van der Waals surface area contributed by atoms with Crippen molar-refractivity contribution in [2.75, 3.05) is 0 Å². The minimum Gasteiger partial charge on any atom is -2.00 e. The number of hydrogen-bond acceptors (Lipinski definition) is 0. The summed E-state index contributed by atoms with van der Waals surface area (Å²) < 4.78 is 2.50. The fourth-order valence-corrected chi connectivity index (χ4v) is 0. The van der Waals surface area contributed by atoms with E-state index in [1.54, 1.807) is 0 Å². The smallest absolute Gasteiger partial charge is 2.00 e. The Kier molecular flexibility index (Phi) is 207. The van der Waals surface area contributed by atoms with Crippen LogP contribution in [0.3, 0.4) is 0 Å². The summed E-state index contributed by atoms with van der Waals surface area (Å²) in [5.41, 5.74) is 0. The molecule has 0 rings (SSSR count). The van der Waals surface area contributed by atoms with E-state index in [-0.39, 0.29) is 16.4 Å². The topological polar surface area (TPSA) is 85.5 Å². The third-order valence-corrected chi connectivity index (χ3v) is 0. The van der Waals surface area contributed by atoms with Gasteiger partial charge in [-0.3, -0.25) is 0 Å². The van der Waals surface area contributed by atoms with Crippen LogP contribution in [-0.2, 0) is 57.3 Å². The van der Waals surface area contributed by atoms with Crippen LogP contribution in [0.4, 0.5) is 0 Å². The predicted octanol–water partition coefficient (Wildman–Crippen LogP) is 1.59. The first-order valence-electron chi connectivity index (χ1n) is 2.12. The van der Waals surface area contributed by atoms with E-state index >= 15 is 0 Å². The fraction of sp³-hybridized carbons (Fsp3) is 1.00. The Labute approximate surface area is 80.3 Å². The van der Waals surface area contributed by atoms with Crippen LogP contribution in [0.15, 0.2) is 0 Å². The van der Waals surface area contributed by atoms with E-state index in [1.807, 2.05) is 0 Å². The van der Waals surface area contributed by atoms with Crippen LogP contribution in [0.5, 0.6) is 0 Å². The number of rotatable bonds is 0. The standard InChI is InChI=1S/2C2H5.3O.2Ti/c2*1-2;;;;;/h2*1H2,2H3;;;;;/q;;3*-2;2*+3. The van der Waals surface area contributed by atoms with Gasteiger partial charge in [-0.25, -0.2) is 0 Å². The molecule has 0 saturated carbocycles. The molecule has 0 unspecified atom stereocenters. The quantitative estimate of drug-likeness (QED) is 0.534. The zero-order valence-electron chi connectivity index (χ0n) is 5.64. The minimum atomic E-state index is 0. The Morgan fingerprint density at radius 1 is 0.778 bits per heavy atom. The van der Waals surface area contributed by atoms with E-state index in [2.05, 4.69) is 54.7 Å². The molecule has 0 heterocycles. The molecule has 0 aromatic rings. The molecular weight excluding hydrogens is 192 g/mol. The Morgan fingerprint density at radius 2 is 0.778 bits per heavy atom. The molecule has 0 bridgehead atoms. The fourth-order valence-electron chi connectivity index (χ4n) is 0. The summed E-state index contributed by atoms with van der Waals surface area (Å²) in [5.74, 6) is 0. The average Bonchev–Trinajstić information content (AvgIpc) is 1.39. The summed E-state index contributed by atoms with van der Waals surface area (Å²) in [6.45, 7) is 4.25. The summed E-state index contributed by atoms with van der Waals surface area (Å²) >= 11 is 4.25. The molecule has 0 N–H and O–H groups in total. The van der Waals surface area contributed by atoms with E-state index < -0.39 is 0 Å². The first kappa shape index (κ1) is 31.7. The molecule has 52 valence electrons. The second kappa shape index (κ2) is 58.7. The molecule has 0 aliphatic rings. The SMILES string of the molecule is C[CH2][Ti+3].C[CH2][Ti+3].[O-2].[O-2].[O-2]. The first-order chi connectivity index (χ1) is 2.83. The van der Waals surface area contributed by atoms with Crippen LogP contribution in [0.1, 0.15) is 13.8 Å². The van der Waals surface area contributed by atoms with Crippen molar-refractivity contribution in [2.45, 2.75) is 23.3 Å². The van der Waals surface area contributed by atoms with E-state index in [4.69, 9.17) is 0 Å². The van der Waals surface area contributed by atoms with Gasteiger partial charge in [-0.15, -0.1) is 0 Å². The molecule has 0 saturated heterocycles. The van der Waals surface area contributed by atoms with Crippen molar-refractivity contribution in [1.29, 1.82) is 0 Å². The predicted molar refractivity (Wildman–Crippen MR) is 23.0 cm³/mol. The molecule has 0 aliphatic carbocycles. The minimum absolute atomic E-state index is 0. The maximum atomic E-state index is 2.12. The average molecular weight is 202 g/mol. The molecule has 0 aliphatic heterocycles. The molecule has 3 nitrogen and oxygen atoms in total. The molecule has 9 heavy (non-hydrogen) atoms. The Hall–Kier alpha value is 1.31. The van der Waals surface area contributed by atoms with Gasteiger partial charge in [0, 0.05) is 0 Å². The van der Waals surface area contributed by atoms with Crippen molar-refractivity contribution in [3.63, 3.8) is 0 Å². The van der Waals surface area contributed by atoms with Crippen molar-refractivity contribution in [2.24, 2.45) is 0 Å². The van der Waals surface area contributed by atoms with Crippen molar-refractivity contribution in [3.8, 4) is 0 Å². The van der Waals surface area contributed by atoms with Gasteiger partial charge in [-0.1, -0.05) is 0 Å². The maximum absolute atomic E-state index is 2.12. The second-order valence-electron chi connectivity index (χ2n) is 0.707. The monoisotopic (exact) mass is 202 g/mol. The normalized spacial score (nSPS) is 4.22. The largest absolute Gasteiger partial charge is 2.00 e. The van der Waals surface area contributed by atoms with Gasteiger partial charge in [0.15, 0.2) is 0 Å². The van der Waals surface area contributed by atoms with Crippen LogP contribution in [0, 0.1) is 0 Å². The van der Waals surface area contributed by atoms with Crippen molar-refractivity contribution < 1.29 is 57.3 Å². The van der Waals surface area contributed by atoms with E-state index in [1.165, 1.54) is 9.45 Å². The van der Waals surface area contributed by atoms with Crippen molar-refractivity contribution >= 4 is 0 Å². The molecule has 0 radical (unpaired) electrons. The Bertz CT molecular complexity index is 15.8. The van der Waals surface area contributed by atoms with Gasteiger partial charge in [-0.05, 0) is 0 Å². The molecule has 0 aromatic carbocycles. The van der Waals surface area contributed by atoms with E-state index in [0.29, 0.717) is 0 Å². The Morgan fingerprint density at radius 3 is 0.778 bits per heavy atom. The zero-order chi connectivity index (χ0) is 5.41. The van der Waals surface area contributed by atoms with Crippen molar-refractivity contribution in [1.82, 2.24) is 0 Å². The molecular formula is C4H10O3Ti2. The summed E-state index contributed by atoms with van der Waals surface area (Å²) in [7, 11) is 0. The summed E-state index contributed by atoms with van der Waals surface area (Å²) in [5, 5.41) is 0. The van der Waals surface area contributed by atoms with Gasteiger partial charge in [0.1, 0.15) is 0 Å². The third-order valence-electron chi connectivity index (χ3n) is 0. The third kappa shape index (κ3) is 290. The van der Waals surface area contributed by atoms with Gasteiger partial charge in [0.25, 0.3) is 0 Å². The summed E-state index contributed by atoms with van der Waals surface area (Å²) in [6, 6.07) is 0. The molecule has 0 spiro atoms. The van der Waals surface area contributed by atoms with E-state index in [0.717, 1.165) is 0 Å². The maximum Gasteiger partial charge on any atom is -2.00 e. The molecule has 5 heteroatoms.